The normalized spacial score (nSPS) is 12.1. The van der Waals surface area contributed by atoms with Gasteiger partial charge in [-0.05, 0) is 0 Å². The largest absolute Gasteiger partial charge is 0.480 e. The molecule has 17 heavy (non-hydrogen) atoms. The minimum absolute atomic E-state index is 0.0933. The summed E-state index contributed by atoms with van der Waals surface area (Å²) in [6.45, 7) is 0.398. The van der Waals surface area contributed by atoms with E-state index in [1.165, 1.54) is 4.68 Å². The first kappa shape index (κ1) is 13.1. The zero-order valence-corrected chi connectivity index (χ0v) is 9.46. The average molecular weight is 241 g/mol. The maximum atomic E-state index is 11.0. The van der Waals surface area contributed by atoms with Gasteiger partial charge in [-0.15, -0.1) is 5.10 Å². The van der Waals surface area contributed by atoms with Crippen LogP contribution in [0, 0.1) is 0 Å². The number of carbonyl (C=O) groups excluding carboxylic acids is 1. The molecule has 1 aromatic rings. The number of nitrogens with zero attached hydrogens (tertiary/aromatic N) is 3. The molecule has 8 nitrogen and oxygen atoms in total. The number of nitrogens with two attached hydrogens (primary N) is 1. The van der Waals surface area contributed by atoms with Crippen molar-refractivity contribution in [3.05, 3.63) is 11.9 Å². The van der Waals surface area contributed by atoms with E-state index in [4.69, 9.17) is 10.8 Å². The van der Waals surface area contributed by atoms with Crippen molar-refractivity contribution in [1.29, 1.82) is 0 Å². The molecule has 94 valence electrons. The summed E-state index contributed by atoms with van der Waals surface area (Å²) in [5.41, 5.74) is 5.86. The monoisotopic (exact) mass is 241 g/mol. The Bertz CT molecular complexity index is 403. The van der Waals surface area contributed by atoms with Crippen molar-refractivity contribution in [2.45, 2.75) is 25.4 Å². The van der Waals surface area contributed by atoms with Crippen molar-refractivity contribution in [2.75, 3.05) is 7.05 Å². The highest BCUT2D eigenvalue weighted by molar-refractivity contribution is 5.75. The van der Waals surface area contributed by atoms with Crippen LogP contribution in [-0.2, 0) is 22.6 Å². The Morgan fingerprint density at radius 2 is 2.35 bits per heavy atom. The minimum Gasteiger partial charge on any atom is -0.480 e. The van der Waals surface area contributed by atoms with Crippen LogP contribution in [0.15, 0.2) is 6.20 Å². The molecule has 0 fully saturated rings. The number of aliphatic carboxylic acids is 1. The van der Waals surface area contributed by atoms with Crippen molar-refractivity contribution >= 4 is 11.9 Å². The highest BCUT2D eigenvalue weighted by Crippen LogP contribution is 1.98. The van der Waals surface area contributed by atoms with Crippen molar-refractivity contribution in [2.24, 2.45) is 5.73 Å². The molecule has 0 aliphatic rings. The summed E-state index contributed by atoms with van der Waals surface area (Å²) in [5.74, 6) is -1.17. The Kier molecular flexibility index (Phi) is 4.58. The van der Waals surface area contributed by atoms with Gasteiger partial charge in [-0.2, -0.15) is 0 Å². The minimum atomic E-state index is -1.08. The van der Waals surface area contributed by atoms with Crippen LogP contribution >= 0.6 is 0 Å². The summed E-state index contributed by atoms with van der Waals surface area (Å²) in [5, 5.41) is 18.7. The highest BCUT2D eigenvalue weighted by Gasteiger charge is 2.14. The zero-order chi connectivity index (χ0) is 12.8. The number of carboxylic acids is 1. The third-order valence-electron chi connectivity index (χ3n) is 2.18. The molecule has 0 radical (unpaired) electrons. The summed E-state index contributed by atoms with van der Waals surface area (Å²) < 4.78 is 1.49. The number of carboxylic acid groups (broad SMARTS) is 1. The van der Waals surface area contributed by atoms with Gasteiger partial charge in [-0.1, -0.05) is 5.21 Å². The predicted molar refractivity (Wildman–Crippen MR) is 58.0 cm³/mol. The summed E-state index contributed by atoms with van der Waals surface area (Å²) >= 11 is 0. The molecule has 0 spiro atoms. The van der Waals surface area contributed by atoms with Crippen molar-refractivity contribution in [1.82, 2.24) is 20.3 Å². The van der Waals surface area contributed by atoms with Gasteiger partial charge in [0.15, 0.2) is 0 Å². The number of nitrogens with one attached hydrogen (secondary N) is 1. The fraction of sp³-hybridized carbons (Fsp3) is 0.556. The number of hydrogen-bond donors (Lipinski definition) is 3. The molecular weight excluding hydrogens is 226 g/mol. The van der Waals surface area contributed by atoms with Crippen LogP contribution in [-0.4, -0.2) is 45.1 Å². The van der Waals surface area contributed by atoms with Crippen LogP contribution in [0.3, 0.4) is 0 Å². The lowest BCUT2D eigenvalue weighted by atomic mass is 10.2. The van der Waals surface area contributed by atoms with Crippen LogP contribution in [0.2, 0.25) is 0 Å². The average Bonchev–Trinajstić information content (AvgIpc) is 2.73. The fourth-order valence-electron chi connectivity index (χ4n) is 1.20. The van der Waals surface area contributed by atoms with Crippen LogP contribution in [0.25, 0.3) is 0 Å². The Labute approximate surface area is 97.8 Å². The first-order chi connectivity index (χ1) is 8.02. The maximum absolute atomic E-state index is 11.0. The molecule has 0 aliphatic carbocycles. The Balaban J connectivity index is 2.48. The molecule has 0 saturated heterocycles. The molecule has 0 aliphatic heterocycles. The van der Waals surface area contributed by atoms with Gasteiger partial charge in [-0.3, -0.25) is 14.3 Å². The van der Waals surface area contributed by atoms with Crippen LogP contribution in [0.1, 0.15) is 12.1 Å². The van der Waals surface area contributed by atoms with E-state index in [1.54, 1.807) is 13.2 Å². The van der Waals surface area contributed by atoms with Gasteiger partial charge in [-0.25, -0.2) is 0 Å². The quantitative estimate of drug-likeness (QED) is 0.549. The SMILES string of the molecule is CNC(=O)CCn1cc(CC(N)C(=O)O)nn1. The second-order valence-electron chi connectivity index (χ2n) is 3.54. The van der Waals surface area contributed by atoms with E-state index in [0.717, 1.165) is 0 Å². The molecule has 4 N–H and O–H groups in total. The van der Waals surface area contributed by atoms with Gasteiger partial charge in [0.05, 0.1) is 12.2 Å². The number of hydrogen-bond acceptors (Lipinski definition) is 5. The third-order valence-corrected chi connectivity index (χ3v) is 2.18. The summed E-state index contributed by atoms with van der Waals surface area (Å²) in [6.07, 6.45) is 2.01. The topological polar surface area (TPSA) is 123 Å². The lowest BCUT2D eigenvalue weighted by molar-refractivity contribution is -0.138. The molecule has 1 aromatic heterocycles. The lowest BCUT2D eigenvalue weighted by Gasteiger charge is -2.01. The number of aryl methyl sites for hydroxylation is 1. The number of amides is 1. The van der Waals surface area contributed by atoms with Gasteiger partial charge >= 0.3 is 5.97 Å². The Morgan fingerprint density at radius 3 is 2.94 bits per heavy atom. The standard InChI is InChI=1S/C9H15N5O3/c1-11-8(15)2-3-14-5-6(12-13-14)4-7(10)9(16)17/h5,7H,2-4,10H2,1H3,(H,11,15)(H,16,17). The highest BCUT2D eigenvalue weighted by atomic mass is 16.4. The number of carbonyl (C=O) groups is 2. The molecule has 8 heteroatoms. The van der Waals surface area contributed by atoms with E-state index >= 15 is 0 Å². The molecule has 0 saturated carbocycles. The fourth-order valence-corrected chi connectivity index (χ4v) is 1.20. The third kappa shape index (κ3) is 4.19. The number of rotatable bonds is 6. The molecule has 1 atom stereocenters. The van der Waals surface area contributed by atoms with Crippen molar-refractivity contribution < 1.29 is 14.7 Å². The van der Waals surface area contributed by atoms with E-state index < -0.39 is 12.0 Å². The van der Waals surface area contributed by atoms with Crippen LogP contribution in [0.4, 0.5) is 0 Å². The summed E-state index contributed by atoms with van der Waals surface area (Å²) in [7, 11) is 1.56. The van der Waals surface area contributed by atoms with E-state index in [0.29, 0.717) is 18.7 Å². The van der Waals surface area contributed by atoms with Crippen LogP contribution in [0.5, 0.6) is 0 Å². The van der Waals surface area contributed by atoms with Gasteiger partial charge in [0.2, 0.25) is 5.91 Å². The first-order valence-corrected chi connectivity index (χ1v) is 5.11. The van der Waals surface area contributed by atoms with Gasteiger partial charge in [0, 0.05) is 26.1 Å². The van der Waals surface area contributed by atoms with E-state index in [1.807, 2.05) is 0 Å². The zero-order valence-electron chi connectivity index (χ0n) is 9.46. The van der Waals surface area contributed by atoms with Gasteiger partial charge in [0.1, 0.15) is 6.04 Å². The summed E-state index contributed by atoms with van der Waals surface area (Å²) in [4.78, 5) is 21.5. The molecule has 0 bridgehead atoms. The van der Waals surface area contributed by atoms with Crippen LogP contribution < -0.4 is 11.1 Å². The summed E-state index contributed by atoms with van der Waals surface area (Å²) in [6, 6.07) is -0.987. The molecular formula is C9H15N5O3. The maximum Gasteiger partial charge on any atom is 0.320 e. The molecule has 1 heterocycles. The van der Waals surface area contributed by atoms with E-state index in [-0.39, 0.29) is 12.3 Å². The second kappa shape index (κ2) is 5.94. The smallest absolute Gasteiger partial charge is 0.320 e. The second-order valence-corrected chi connectivity index (χ2v) is 3.54. The van der Waals surface area contributed by atoms with Gasteiger partial charge in [0.25, 0.3) is 0 Å². The molecule has 1 unspecified atom stereocenters. The number of aromatic nitrogens is 3. The molecule has 0 aromatic carbocycles. The van der Waals surface area contributed by atoms with E-state index in [9.17, 15) is 9.59 Å². The molecule has 1 rings (SSSR count). The predicted octanol–water partition coefficient (Wildman–Crippen LogP) is -1.63. The first-order valence-electron chi connectivity index (χ1n) is 5.11. The van der Waals surface area contributed by atoms with Crippen molar-refractivity contribution in [3.63, 3.8) is 0 Å². The van der Waals surface area contributed by atoms with Crippen molar-refractivity contribution in [3.8, 4) is 0 Å². The lowest BCUT2D eigenvalue weighted by Crippen LogP contribution is -2.32. The van der Waals surface area contributed by atoms with Gasteiger partial charge < -0.3 is 16.2 Å². The molecule has 1 amide bonds. The Morgan fingerprint density at radius 1 is 1.65 bits per heavy atom. The van der Waals surface area contributed by atoms with E-state index in [2.05, 4.69) is 15.6 Å². The Hall–Kier alpha value is -1.96.